The van der Waals surface area contributed by atoms with Crippen molar-refractivity contribution < 1.29 is 13.2 Å². The molecule has 1 aliphatic rings. The van der Waals surface area contributed by atoms with Crippen molar-refractivity contribution in [2.45, 2.75) is 38.3 Å². The molecule has 0 bridgehead atoms. The molecule has 1 rings (SSSR count). The molecule has 0 spiro atoms. The van der Waals surface area contributed by atoms with Gasteiger partial charge in [0, 0.05) is 6.04 Å². The minimum Gasteiger partial charge on any atom is -0.326 e. The van der Waals surface area contributed by atoms with E-state index in [0.29, 0.717) is 12.8 Å². The summed E-state index contributed by atoms with van der Waals surface area (Å²) in [5.41, 5.74) is 4.92. The highest BCUT2D eigenvalue weighted by molar-refractivity contribution is 7.91. The lowest BCUT2D eigenvalue weighted by Gasteiger charge is -2.33. The number of carbonyl (C=O) groups is 1. The van der Waals surface area contributed by atoms with Crippen molar-refractivity contribution in [2.75, 3.05) is 18.1 Å². The van der Waals surface area contributed by atoms with Crippen LogP contribution in [0.3, 0.4) is 0 Å². The number of amides is 1. The first-order valence-electron chi connectivity index (χ1n) is 5.97. The minimum absolute atomic E-state index is 0.0137. The van der Waals surface area contributed by atoms with Gasteiger partial charge in [0.05, 0.1) is 23.6 Å². The molecule has 102 valence electrons. The average Bonchev–Trinajstić information content (AvgIpc) is 2.65. The maximum atomic E-state index is 12.3. The van der Waals surface area contributed by atoms with E-state index in [0.717, 1.165) is 0 Å². The molecule has 2 atom stereocenters. The van der Waals surface area contributed by atoms with Gasteiger partial charge < -0.3 is 10.6 Å². The molecule has 1 saturated heterocycles. The first-order valence-corrected chi connectivity index (χ1v) is 7.79. The molecule has 1 amide bonds. The molecule has 0 saturated carbocycles. The molecule has 18 heavy (non-hydrogen) atoms. The van der Waals surface area contributed by atoms with Gasteiger partial charge in [-0.25, -0.2) is 8.42 Å². The van der Waals surface area contributed by atoms with Gasteiger partial charge in [0.1, 0.15) is 0 Å². The number of hydrogen-bond acceptors (Lipinski definition) is 4. The zero-order chi connectivity index (χ0) is 14.0. The van der Waals surface area contributed by atoms with Crippen LogP contribution in [0, 0.1) is 12.3 Å². The van der Waals surface area contributed by atoms with E-state index in [1.165, 1.54) is 4.90 Å². The van der Waals surface area contributed by atoms with Crippen molar-refractivity contribution in [3.8, 4) is 12.3 Å². The molecule has 1 heterocycles. The summed E-state index contributed by atoms with van der Waals surface area (Å²) in [6, 6.07) is -0.340. The summed E-state index contributed by atoms with van der Waals surface area (Å²) >= 11 is 0. The molecule has 0 aromatic heterocycles. The third-order valence-electron chi connectivity index (χ3n) is 3.39. The number of rotatable bonds is 4. The largest absolute Gasteiger partial charge is 0.326 e. The molecule has 1 aliphatic heterocycles. The van der Waals surface area contributed by atoms with Crippen LogP contribution < -0.4 is 5.73 Å². The Labute approximate surface area is 109 Å². The van der Waals surface area contributed by atoms with Crippen molar-refractivity contribution in [3.63, 3.8) is 0 Å². The molecule has 0 radical (unpaired) electrons. The van der Waals surface area contributed by atoms with E-state index >= 15 is 0 Å². The number of terminal acetylenes is 1. The van der Waals surface area contributed by atoms with Crippen LogP contribution in [-0.2, 0) is 14.6 Å². The lowest BCUT2D eigenvalue weighted by atomic mass is 9.97. The third-order valence-corrected chi connectivity index (χ3v) is 5.15. The Balaban J connectivity index is 2.91. The number of nitrogens with two attached hydrogens (primary N) is 1. The fourth-order valence-corrected chi connectivity index (χ4v) is 3.70. The van der Waals surface area contributed by atoms with Gasteiger partial charge >= 0.3 is 0 Å². The SMILES string of the molecule is C#CCN(C(=O)C(C)(N)CC)C1CCS(=O)(=O)C1. The summed E-state index contributed by atoms with van der Waals surface area (Å²) in [5.74, 6) is 2.23. The van der Waals surface area contributed by atoms with E-state index in [9.17, 15) is 13.2 Å². The molecular formula is C12H20N2O3S. The van der Waals surface area contributed by atoms with Crippen molar-refractivity contribution in [1.29, 1.82) is 0 Å². The van der Waals surface area contributed by atoms with Gasteiger partial charge in [-0.3, -0.25) is 4.79 Å². The highest BCUT2D eigenvalue weighted by Gasteiger charge is 2.39. The van der Waals surface area contributed by atoms with E-state index in [1.54, 1.807) is 6.92 Å². The lowest BCUT2D eigenvalue weighted by Crippen LogP contribution is -2.56. The Morgan fingerprint density at radius 2 is 2.22 bits per heavy atom. The highest BCUT2D eigenvalue weighted by atomic mass is 32.2. The zero-order valence-electron chi connectivity index (χ0n) is 10.8. The van der Waals surface area contributed by atoms with Gasteiger partial charge in [0.25, 0.3) is 0 Å². The summed E-state index contributed by atoms with van der Waals surface area (Å²) in [6.45, 7) is 3.56. The fraction of sp³-hybridized carbons (Fsp3) is 0.750. The van der Waals surface area contributed by atoms with Crippen LogP contribution in [0.25, 0.3) is 0 Å². The van der Waals surface area contributed by atoms with Crippen LogP contribution in [-0.4, -0.2) is 48.9 Å². The van der Waals surface area contributed by atoms with Gasteiger partial charge in [0.2, 0.25) is 5.91 Å². The zero-order valence-corrected chi connectivity index (χ0v) is 11.7. The predicted molar refractivity (Wildman–Crippen MR) is 70.5 cm³/mol. The molecule has 6 heteroatoms. The number of carbonyl (C=O) groups excluding carboxylic acids is 1. The van der Waals surface area contributed by atoms with Crippen LogP contribution in [0.4, 0.5) is 0 Å². The Kier molecular flexibility index (Phi) is 4.41. The van der Waals surface area contributed by atoms with E-state index in [4.69, 9.17) is 12.2 Å². The van der Waals surface area contributed by atoms with Gasteiger partial charge in [-0.1, -0.05) is 12.8 Å². The van der Waals surface area contributed by atoms with Crippen LogP contribution in [0.2, 0.25) is 0 Å². The number of nitrogens with zero attached hydrogens (tertiary/aromatic N) is 1. The van der Waals surface area contributed by atoms with Gasteiger partial charge in [-0.15, -0.1) is 6.42 Å². The average molecular weight is 272 g/mol. The first kappa shape index (κ1) is 15.0. The quantitative estimate of drug-likeness (QED) is 0.716. The first-order chi connectivity index (χ1) is 8.23. The Morgan fingerprint density at radius 1 is 1.61 bits per heavy atom. The fourth-order valence-electron chi connectivity index (χ4n) is 1.97. The second-order valence-electron chi connectivity index (χ2n) is 4.97. The molecule has 5 nitrogen and oxygen atoms in total. The van der Waals surface area contributed by atoms with Gasteiger partial charge in [-0.05, 0) is 19.8 Å². The van der Waals surface area contributed by atoms with Crippen LogP contribution >= 0.6 is 0 Å². The lowest BCUT2D eigenvalue weighted by molar-refractivity contribution is -0.137. The summed E-state index contributed by atoms with van der Waals surface area (Å²) < 4.78 is 22.9. The number of sulfone groups is 1. The van der Waals surface area contributed by atoms with E-state index in [-0.39, 0.29) is 30.0 Å². The van der Waals surface area contributed by atoms with E-state index in [1.807, 2.05) is 6.92 Å². The minimum atomic E-state index is -3.05. The summed E-state index contributed by atoms with van der Waals surface area (Å²) in [6.07, 6.45) is 6.17. The maximum absolute atomic E-state index is 12.3. The summed E-state index contributed by atoms with van der Waals surface area (Å²) in [7, 11) is -3.05. The van der Waals surface area contributed by atoms with Crippen molar-refractivity contribution in [1.82, 2.24) is 4.90 Å². The van der Waals surface area contributed by atoms with Crippen LogP contribution in [0.15, 0.2) is 0 Å². The third kappa shape index (κ3) is 3.24. The topological polar surface area (TPSA) is 80.5 Å². The summed E-state index contributed by atoms with van der Waals surface area (Å²) in [5, 5.41) is 0. The Hall–Kier alpha value is -1.06. The molecule has 0 aromatic carbocycles. The second kappa shape index (κ2) is 5.29. The summed E-state index contributed by atoms with van der Waals surface area (Å²) in [4.78, 5) is 13.7. The molecule has 1 fully saturated rings. The highest BCUT2D eigenvalue weighted by Crippen LogP contribution is 2.21. The number of hydrogen-bond donors (Lipinski definition) is 1. The van der Waals surface area contributed by atoms with Crippen molar-refractivity contribution in [2.24, 2.45) is 5.73 Å². The standard InChI is InChI=1S/C12H20N2O3S/c1-4-7-14(11(15)12(3,13)5-2)10-6-8-18(16,17)9-10/h1,10H,5-9,13H2,2-3H3. The normalized spacial score (nSPS) is 25.1. The second-order valence-corrected chi connectivity index (χ2v) is 7.19. The van der Waals surface area contributed by atoms with E-state index in [2.05, 4.69) is 5.92 Å². The van der Waals surface area contributed by atoms with E-state index < -0.39 is 15.4 Å². The molecule has 0 aromatic rings. The van der Waals surface area contributed by atoms with Crippen LogP contribution in [0.5, 0.6) is 0 Å². The van der Waals surface area contributed by atoms with Crippen molar-refractivity contribution >= 4 is 15.7 Å². The Morgan fingerprint density at radius 3 is 2.61 bits per heavy atom. The van der Waals surface area contributed by atoms with Gasteiger partial charge in [0.15, 0.2) is 9.84 Å². The molecular weight excluding hydrogens is 252 g/mol. The predicted octanol–water partition coefficient (Wildman–Crippen LogP) is -0.237. The van der Waals surface area contributed by atoms with Crippen molar-refractivity contribution in [3.05, 3.63) is 0 Å². The molecule has 2 N–H and O–H groups in total. The maximum Gasteiger partial charge on any atom is 0.243 e. The Bertz CT molecular complexity index is 462. The van der Waals surface area contributed by atoms with Gasteiger partial charge in [-0.2, -0.15) is 0 Å². The monoisotopic (exact) mass is 272 g/mol. The van der Waals surface area contributed by atoms with Crippen LogP contribution in [0.1, 0.15) is 26.7 Å². The molecule has 0 aliphatic carbocycles. The molecule has 2 unspecified atom stereocenters. The smallest absolute Gasteiger partial charge is 0.243 e.